The lowest BCUT2D eigenvalue weighted by molar-refractivity contribution is -0.137. The Kier molecular flexibility index (Phi) is 7.46. The number of amides is 1. The molecule has 0 saturated carbocycles. The van der Waals surface area contributed by atoms with Crippen LogP contribution >= 0.6 is 0 Å². The molecule has 1 aliphatic rings. The van der Waals surface area contributed by atoms with Crippen molar-refractivity contribution in [1.29, 1.82) is 0 Å². The zero-order valence-corrected chi connectivity index (χ0v) is 20.4. The number of benzene rings is 3. The normalized spacial score (nSPS) is 16.1. The maximum Gasteiger partial charge on any atom is 0.245 e. The van der Waals surface area contributed by atoms with Gasteiger partial charge in [0.1, 0.15) is 6.04 Å². The molecule has 0 unspecified atom stereocenters. The van der Waals surface area contributed by atoms with E-state index in [0.717, 1.165) is 6.26 Å². The summed E-state index contributed by atoms with van der Waals surface area (Å²) < 4.78 is 25.8. The average Bonchev–Trinajstić information content (AvgIpc) is 2.86. The van der Waals surface area contributed by atoms with Gasteiger partial charge in [0.05, 0.1) is 12.3 Å². The summed E-state index contributed by atoms with van der Waals surface area (Å²) in [6.45, 7) is 2.47. The van der Waals surface area contributed by atoms with E-state index in [2.05, 4.69) is 53.4 Å². The zero-order chi connectivity index (χ0) is 24.1. The van der Waals surface area contributed by atoms with Gasteiger partial charge in [-0.1, -0.05) is 91.0 Å². The highest BCUT2D eigenvalue weighted by atomic mass is 32.2. The summed E-state index contributed by atoms with van der Waals surface area (Å²) >= 11 is 0. The second-order valence-corrected chi connectivity index (χ2v) is 10.7. The minimum absolute atomic E-state index is 0.100. The number of hydrogen-bond donors (Lipinski definition) is 0. The third-order valence-electron chi connectivity index (χ3n) is 6.46. The van der Waals surface area contributed by atoms with Crippen LogP contribution in [0.1, 0.15) is 28.8 Å². The molecule has 0 radical (unpaired) electrons. The van der Waals surface area contributed by atoms with Crippen molar-refractivity contribution in [3.8, 4) is 0 Å². The number of nitrogens with zero attached hydrogens (tertiary/aromatic N) is 3. The second-order valence-electron chi connectivity index (χ2n) is 8.68. The molecule has 3 aromatic carbocycles. The average molecular weight is 478 g/mol. The van der Waals surface area contributed by atoms with E-state index >= 15 is 0 Å². The Hall–Kier alpha value is -3.00. The molecule has 0 aromatic heterocycles. The van der Waals surface area contributed by atoms with Crippen LogP contribution in [-0.4, -0.2) is 67.9 Å². The molecule has 1 heterocycles. The Balaban J connectivity index is 1.55. The molecule has 1 amide bonds. The summed E-state index contributed by atoms with van der Waals surface area (Å²) in [5, 5.41) is 0. The molecule has 1 fully saturated rings. The number of carbonyl (C=O) groups is 1. The van der Waals surface area contributed by atoms with Gasteiger partial charge in [0, 0.05) is 33.2 Å². The molecule has 1 atom stereocenters. The predicted molar refractivity (Wildman–Crippen MR) is 135 cm³/mol. The highest BCUT2D eigenvalue weighted by Gasteiger charge is 2.36. The number of rotatable bonds is 7. The van der Waals surface area contributed by atoms with E-state index in [4.69, 9.17) is 0 Å². The summed E-state index contributed by atoms with van der Waals surface area (Å²) in [5.41, 5.74) is 3.11. The summed E-state index contributed by atoms with van der Waals surface area (Å²) in [5.74, 6) is -0.185. The van der Waals surface area contributed by atoms with Gasteiger partial charge in [0.15, 0.2) is 0 Å². The molecule has 178 valence electrons. The van der Waals surface area contributed by atoms with Crippen molar-refractivity contribution in [2.75, 3.05) is 39.5 Å². The Morgan fingerprint density at radius 2 is 1.15 bits per heavy atom. The summed E-state index contributed by atoms with van der Waals surface area (Å²) in [7, 11) is -2.08. The van der Waals surface area contributed by atoms with Gasteiger partial charge in [-0.25, -0.2) is 8.42 Å². The monoisotopic (exact) mass is 477 g/mol. The van der Waals surface area contributed by atoms with E-state index in [0.29, 0.717) is 31.7 Å². The van der Waals surface area contributed by atoms with Gasteiger partial charge < -0.3 is 4.90 Å². The van der Waals surface area contributed by atoms with Crippen molar-refractivity contribution in [3.63, 3.8) is 0 Å². The van der Waals surface area contributed by atoms with Gasteiger partial charge in [0.2, 0.25) is 15.9 Å². The third-order valence-corrected chi connectivity index (χ3v) is 7.71. The topological polar surface area (TPSA) is 60.9 Å². The molecule has 0 N–H and O–H groups in total. The van der Waals surface area contributed by atoms with Crippen LogP contribution in [0.4, 0.5) is 0 Å². The van der Waals surface area contributed by atoms with Gasteiger partial charge in [-0.2, -0.15) is 4.31 Å². The number of piperazine rings is 1. The Morgan fingerprint density at radius 1 is 0.735 bits per heavy atom. The van der Waals surface area contributed by atoms with Gasteiger partial charge >= 0.3 is 0 Å². The Bertz CT molecular complexity index is 1140. The predicted octanol–water partition coefficient (Wildman–Crippen LogP) is 3.55. The minimum atomic E-state index is -3.55. The first kappa shape index (κ1) is 24.1. The van der Waals surface area contributed by atoms with Crippen molar-refractivity contribution >= 4 is 15.9 Å². The first-order chi connectivity index (χ1) is 16.4. The molecular formula is C27H31N3O3S. The van der Waals surface area contributed by atoms with Gasteiger partial charge in [-0.3, -0.25) is 9.69 Å². The van der Waals surface area contributed by atoms with Crippen LogP contribution in [0.25, 0.3) is 0 Å². The largest absolute Gasteiger partial charge is 0.338 e. The smallest absolute Gasteiger partial charge is 0.245 e. The number of sulfonamides is 1. The lowest BCUT2D eigenvalue weighted by atomic mass is 9.96. The van der Waals surface area contributed by atoms with Crippen LogP contribution in [0, 0.1) is 0 Å². The number of carbonyl (C=O) groups excluding carboxylic acids is 1. The molecule has 0 bridgehead atoms. The summed E-state index contributed by atoms with van der Waals surface area (Å²) in [4.78, 5) is 17.8. The number of hydrogen-bond acceptors (Lipinski definition) is 4. The van der Waals surface area contributed by atoms with E-state index < -0.39 is 16.1 Å². The SMILES string of the molecule is CN([C@H](C(=O)N1CCN(C(c2ccccc2)c2ccccc2)CC1)c1ccccc1)S(C)(=O)=O. The Labute approximate surface area is 202 Å². The fraction of sp³-hybridized carbons (Fsp3) is 0.296. The molecular weight excluding hydrogens is 446 g/mol. The van der Waals surface area contributed by atoms with E-state index in [1.807, 2.05) is 30.3 Å². The molecule has 7 heteroatoms. The van der Waals surface area contributed by atoms with Crippen molar-refractivity contribution in [2.45, 2.75) is 12.1 Å². The molecule has 1 aliphatic heterocycles. The van der Waals surface area contributed by atoms with Crippen molar-refractivity contribution < 1.29 is 13.2 Å². The van der Waals surface area contributed by atoms with Gasteiger partial charge in [-0.15, -0.1) is 0 Å². The maximum absolute atomic E-state index is 13.6. The fourth-order valence-electron chi connectivity index (χ4n) is 4.59. The van der Waals surface area contributed by atoms with Crippen LogP contribution in [0.3, 0.4) is 0 Å². The lowest BCUT2D eigenvalue weighted by Gasteiger charge is -2.41. The molecule has 0 spiro atoms. The van der Waals surface area contributed by atoms with Crippen LogP contribution in [-0.2, 0) is 14.8 Å². The molecule has 1 saturated heterocycles. The summed E-state index contributed by atoms with van der Waals surface area (Å²) in [6.07, 6.45) is 1.14. The quantitative estimate of drug-likeness (QED) is 0.522. The van der Waals surface area contributed by atoms with Crippen molar-refractivity contribution in [3.05, 3.63) is 108 Å². The first-order valence-corrected chi connectivity index (χ1v) is 13.3. The molecule has 4 rings (SSSR count). The number of likely N-dealkylation sites (N-methyl/N-ethyl adjacent to an activating group) is 1. The van der Waals surface area contributed by atoms with Gasteiger partial charge in [-0.05, 0) is 16.7 Å². The van der Waals surface area contributed by atoms with Crippen LogP contribution in [0.15, 0.2) is 91.0 Å². The third kappa shape index (κ3) is 5.38. The van der Waals surface area contributed by atoms with E-state index in [1.54, 1.807) is 17.0 Å². The standard InChI is InChI=1S/C27H31N3O3S/c1-28(34(2,32)33)26(24-16-10-5-11-17-24)27(31)30-20-18-29(19-21-30)25(22-12-6-3-7-13-22)23-14-8-4-9-15-23/h3-17,25-26H,18-21H2,1-2H3/t26-/m0/s1. The van der Waals surface area contributed by atoms with Crippen LogP contribution < -0.4 is 0 Å². The van der Waals surface area contributed by atoms with E-state index in [-0.39, 0.29) is 11.9 Å². The fourth-order valence-corrected chi connectivity index (χ4v) is 5.19. The second kappa shape index (κ2) is 10.5. The first-order valence-electron chi connectivity index (χ1n) is 11.5. The van der Waals surface area contributed by atoms with Crippen LogP contribution in [0.5, 0.6) is 0 Å². The molecule has 3 aromatic rings. The maximum atomic E-state index is 13.6. The van der Waals surface area contributed by atoms with Gasteiger partial charge in [0.25, 0.3) is 0 Å². The molecule has 0 aliphatic carbocycles. The zero-order valence-electron chi connectivity index (χ0n) is 19.6. The summed E-state index contributed by atoms with van der Waals surface area (Å²) in [6, 6.07) is 29.2. The highest BCUT2D eigenvalue weighted by Crippen LogP contribution is 2.31. The molecule has 6 nitrogen and oxygen atoms in total. The van der Waals surface area contributed by atoms with E-state index in [9.17, 15) is 13.2 Å². The van der Waals surface area contributed by atoms with Crippen molar-refractivity contribution in [1.82, 2.24) is 14.1 Å². The Morgan fingerprint density at radius 3 is 1.56 bits per heavy atom. The van der Waals surface area contributed by atoms with E-state index in [1.165, 1.54) is 22.5 Å². The molecule has 34 heavy (non-hydrogen) atoms. The van der Waals surface area contributed by atoms with Crippen LogP contribution in [0.2, 0.25) is 0 Å². The lowest BCUT2D eigenvalue weighted by Crippen LogP contribution is -2.53. The van der Waals surface area contributed by atoms with Crippen molar-refractivity contribution in [2.24, 2.45) is 0 Å². The highest BCUT2D eigenvalue weighted by molar-refractivity contribution is 7.88. The minimum Gasteiger partial charge on any atom is -0.338 e.